The normalized spacial score (nSPS) is 15.1. The summed E-state index contributed by atoms with van der Waals surface area (Å²) in [4.78, 5) is 41.7. The van der Waals surface area contributed by atoms with Gasteiger partial charge in [-0.25, -0.2) is 18.0 Å². The summed E-state index contributed by atoms with van der Waals surface area (Å²) in [5.74, 6) is -3.88. The number of hydrogen-bond donors (Lipinski definition) is 4. The van der Waals surface area contributed by atoms with Crippen molar-refractivity contribution in [2.45, 2.75) is 4.90 Å². The van der Waals surface area contributed by atoms with Gasteiger partial charge in [0, 0.05) is 49.2 Å². The molecule has 11 nitrogen and oxygen atoms in total. The predicted octanol–water partition coefficient (Wildman–Crippen LogP) is 0.176. The molecule has 0 bridgehead atoms. The van der Waals surface area contributed by atoms with Gasteiger partial charge in [0.15, 0.2) is 9.84 Å². The minimum atomic E-state index is -3.94. The van der Waals surface area contributed by atoms with Crippen molar-refractivity contribution in [3.8, 4) is 11.1 Å². The topological polar surface area (TPSA) is 174 Å². The van der Waals surface area contributed by atoms with Gasteiger partial charge in [0.05, 0.1) is 4.90 Å². The molecular weight excluding hydrogens is 428 g/mol. The van der Waals surface area contributed by atoms with E-state index in [0.717, 1.165) is 19.3 Å². The standard InChI is InChI=1S/C19H22N4O7S/c1-22-5-7-23(8-6-22)10-3-4-11(12(9-10)31(2,29)30)13-14(18(25)26)16(20)21-17(24)15(13)19(27)28/h3-4,9H,5-8H2,1-2H3,(H,25,26)(H,27,28)(H3,20,21,24). The van der Waals surface area contributed by atoms with Crippen LogP contribution in [-0.2, 0) is 9.84 Å². The summed E-state index contributed by atoms with van der Waals surface area (Å²) in [7, 11) is -1.97. The van der Waals surface area contributed by atoms with E-state index in [0.29, 0.717) is 18.8 Å². The molecule has 5 N–H and O–H groups in total. The molecule has 31 heavy (non-hydrogen) atoms. The summed E-state index contributed by atoms with van der Waals surface area (Å²) >= 11 is 0. The molecule has 0 aliphatic carbocycles. The van der Waals surface area contributed by atoms with Crippen LogP contribution in [0, 0.1) is 0 Å². The van der Waals surface area contributed by atoms with E-state index in [1.165, 1.54) is 12.1 Å². The Labute approximate surface area is 177 Å². The number of nitrogen functional groups attached to an aromatic ring is 1. The highest BCUT2D eigenvalue weighted by Crippen LogP contribution is 2.36. The molecule has 1 aromatic heterocycles. The highest BCUT2D eigenvalue weighted by Gasteiger charge is 2.30. The third-order valence-electron chi connectivity index (χ3n) is 5.17. The molecule has 1 aliphatic heterocycles. The molecule has 1 aromatic carbocycles. The first-order valence-corrected chi connectivity index (χ1v) is 11.1. The molecule has 0 spiro atoms. The van der Waals surface area contributed by atoms with Gasteiger partial charge in [-0.05, 0) is 19.2 Å². The van der Waals surface area contributed by atoms with Gasteiger partial charge in [-0.15, -0.1) is 0 Å². The van der Waals surface area contributed by atoms with E-state index in [1.54, 1.807) is 6.07 Å². The number of aromatic amines is 1. The van der Waals surface area contributed by atoms with Crippen LogP contribution in [-0.4, -0.2) is 79.9 Å². The number of aromatic nitrogens is 1. The van der Waals surface area contributed by atoms with Crippen molar-refractivity contribution in [1.82, 2.24) is 9.88 Å². The number of H-pyrrole nitrogens is 1. The second-order valence-corrected chi connectivity index (χ2v) is 9.33. The lowest BCUT2D eigenvalue weighted by Gasteiger charge is -2.34. The summed E-state index contributed by atoms with van der Waals surface area (Å²) in [5, 5.41) is 19.2. The van der Waals surface area contributed by atoms with Gasteiger partial charge in [-0.3, -0.25) is 4.79 Å². The molecule has 1 fully saturated rings. The largest absolute Gasteiger partial charge is 0.478 e. The van der Waals surface area contributed by atoms with Crippen molar-refractivity contribution in [2.75, 3.05) is 50.1 Å². The number of aromatic carboxylic acids is 2. The maximum Gasteiger partial charge on any atom is 0.342 e. The molecule has 0 radical (unpaired) electrons. The Hall–Kier alpha value is -3.38. The minimum Gasteiger partial charge on any atom is -0.478 e. The zero-order valence-corrected chi connectivity index (χ0v) is 17.7. The fraction of sp³-hybridized carbons (Fsp3) is 0.316. The first-order valence-electron chi connectivity index (χ1n) is 9.22. The Morgan fingerprint density at radius 3 is 2.16 bits per heavy atom. The number of piperazine rings is 1. The van der Waals surface area contributed by atoms with E-state index in [1.807, 2.05) is 16.9 Å². The van der Waals surface area contributed by atoms with Crippen molar-refractivity contribution < 1.29 is 28.2 Å². The van der Waals surface area contributed by atoms with E-state index < -0.39 is 49.8 Å². The quantitative estimate of drug-likeness (QED) is 0.492. The second kappa shape index (κ2) is 8.04. The fourth-order valence-electron chi connectivity index (χ4n) is 3.60. The smallest absolute Gasteiger partial charge is 0.342 e. The van der Waals surface area contributed by atoms with Crippen molar-refractivity contribution in [3.05, 3.63) is 39.7 Å². The number of sulfone groups is 1. The van der Waals surface area contributed by atoms with Gasteiger partial charge >= 0.3 is 11.9 Å². The molecule has 166 valence electrons. The molecule has 2 aromatic rings. The molecule has 3 rings (SSSR count). The highest BCUT2D eigenvalue weighted by atomic mass is 32.2. The number of pyridine rings is 1. The zero-order chi connectivity index (χ0) is 23.1. The lowest BCUT2D eigenvalue weighted by Crippen LogP contribution is -2.44. The Morgan fingerprint density at radius 2 is 1.65 bits per heavy atom. The number of hydrogen-bond acceptors (Lipinski definition) is 8. The molecule has 1 aliphatic rings. The van der Waals surface area contributed by atoms with E-state index in [4.69, 9.17) is 5.73 Å². The monoisotopic (exact) mass is 450 g/mol. The van der Waals surface area contributed by atoms with Crippen LogP contribution >= 0.6 is 0 Å². The van der Waals surface area contributed by atoms with Gasteiger partial charge < -0.3 is 30.7 Å². The van der Waals surface area contributed by atoms with Crippen molar-refractivity contribution in [2.24, 2.45) is 0 Å². The first-order chi connectivity index (χ1) is 14.4. The summed E-state index contributed by atoms with van der Waals surface area (Å²) in [6.07, 6.45) is 0.928. The zero-order valence-electron chi connectivity index (χ0n) is 16.9. The van der Waals surface area contributed by atoms with Gasteiger partial charge in [-0.2, -0.15) is 0 Å². The van der Waals surface area contributed by atoms with Gasteiger partial charge in [0.1, 0.15) is 16.9 Å². The predicted molar refractivity (Wildman–Crippen MR) is 114 cm³/mol. The van der Waals surface area contributed by atoms with Gasteiger partial charge in [0.2, 0.25) is 0 Å². The highest BCUT2D eigenvalue weighted by molar-refractivity contribution is 7.90. The average molecular weight is 450 g/mol. The SMILES string of the molecule is CN1CCN(c2ccc(-c3c(C(=O)O)c(N)[nH]c(=O)c3C(=O)O)c(S(C)(=O)=O)c2)CC1. The average Bonchev–Trinajstić information content (AvgIpc) is 2.66. The number of nitrogens with two attached hydrogens (primary N) is 1. The molecule has 0 atom stereocenters. The number of benzene rings is 1. The Balaban J connectivity index is 2.35. The van der Waals surface area contributed by atoms with Crippen molar-refractivity contribution in [1.29, 1.82) is 0 Å². The maximum atomic E-state index is 12.6. The van der Waals surface area contributed by atoms with E-state index in [2.05, 4.69) is 4.90 Å². The minimum absolute atomic E-state index is 0.215. The Bertz CT molecular complexity index is 1230. The van der Waals surface area contributed by atoms with E-state index in [-0.39, 0.29) is 10.5 Å². The molecule has 0 saturated carbocycles. The number of nitrogens with one attached hydrogen (secondary N) is 1. The Morgan fingerprint density at radius 1 is 1.06 bits per heavy atom. The van der Waals surface area contributed by atoms with Crippen LogP contribution in [0.1, 0.15) is 20.7 Å². The molecule has 0 amide bonds. The van der Waals surface area contributed by atoms with Crippen LogP contribution in [0.2, 0.25) is 0 Å². The van der Waals surface area contributed by atoms with Crippen LogP contribution in [0.25, 0.3) is 11.1 Å². The molecule has 0 unspecified atom stereocenters. The number of anilines is 2. The molecular formula is C19H22N4O7S. The van der Waals surface area contributed by atoms with Crippen LogP contribution in [0.3, 0.4) is 0 Å². The third kappa shape index (κ3) is 4.25. The number of rotatable bonds is 5. The first kappa shape index (κ1) is 22.3. The van der Waals surface area contributed by atoms with Crippen LogP contribution in [0.15, 0.2) is 27.9 Å². The number of carboxylic acids is 2. The number of nitrogens with zero attached hydrogens (tertiary/aromatic N) is 2. The lowest BCUT2D eigenvalue weighted by molar-refractivity contribution is 0.0695. The Kier molecular flexibility index (Phi) is 5.79. The molecule has 1 saturated heterocycles. The van der Waals surface area contributed by atoms with E-state index in [9.17, 15) is 33.0 Å². The van der Waals surface area contributed by atoms with Gasteiger partial charge in [0.25, 0.3) is 5.56 Å². The number of carboxylic acid groups (broad SMARTS) is 2. The van der Waals surface area contributed by atoms with Crippen molar-refractivity contribution >= 4 is 33.3 Å². The van der Waals surface area contributed by atoms with Crippen LogP contribution in [0.4, 0.5) is 11.5 Å². The third-order valence-corrected chi connectivity index (χ3v) is 6.31. The lowest BCUT2D eigenvalue weighted by atomic mass is 9.95. The summed E-state index contributed by atoms with van der Waals surface area (Å²) in [6.45, 7) is 2.84. The van der Waals surface area contributed by atoms with E-state index >= 15 is 0 Å². The van der Waals surface area contributed by atoms with Gasteiger partial charge in [-0.1, -0.05) is 6.07 Å². The molecule has 2 heterocycles. The molecule has 12 heteroatoms. The number of likely N-dealkylation sites (N-methyl/N-ethyl adjacent to an activating group) is 1. The number of carbonyl (C=O) groups is 2. The van der Waals surface area contributed by atoms with Crippen LogP contribution in [0.5, 0.6) is 0 Å². The second-order valence-electron chi connectivity index (χ2n) is 7.35. The fourth-order valence-corrected chi connectivity index (χ4v) is 4.51. The summed E-state index contributed by atoms with van der Waals surface area (Å²) < 4.78 is 25.2. The summed E-state index contributed by atoms with van der Waals surface area (Å²) in [6, 6.07) is 4.26. The summed E-state index contributed by atoms with van der Waals surface area (Å²) in [5.41, 5.74) is 2.76. The van der Waals surface area contributed by atoms with Crippen LogP contribution < -0.4 is 16.2 Å². The van der Waals surface area contributed by atoms with Crippen molar-refractivity contribution in [3.63, 3.8) is 0 Å². The maximum absolute atomic E-state index is 12.6.